The highest BCUT2D eigenvalue weighted by atomic mass is 79.9. The van der Waals surface area contributed by atoms with Gasteiger partial charge in [0.05, 0.1) is 6.54 Å². The summed E-state index contributed by atoms with van der Waals surface area (Å²) in [6.07, 6.45) is 1.94. The largest absolute Gasteiger partial charge is 0.491 e. The first-order chi connectivity index (χ1) is 10.9. The number of nitrogens with zero attached hydrogens (tertiary/aromatic N) is 2. The Morgan fingerprint density at radius 3 is 2.70 bits per heavy atom. The van der Waals surface area contributed by atoms with Crippen molar-refractivity contribution >= 4 is 21.8 Å². The third-order valence-electron chi connectivity index (χ3n) is 3.72. The van der Waals surface area contributed by atoms with E-state index in [9.17, 15) is 4.79 Å². The van der Waals surface area contributed by atoms with Crippen LogP contribution in [-0.2, 0) is 0 Å². The lowest BCUT2D eigenvalue weighted by atomic mass is 10.2. The van der Waals surface area contributed by atoms with Crippen LogP contribution in [0.1, 0.15) is 35.9 Å². The zero-order valence-electron chi connectivity index (χ0n) is 14.0. The molecule has 0 spiro atoms. The molecule has 1 aromatic carbocycles. The molecule has 0 aliphatic heterocycles. The Morgan fingerprint density at radius 2 is 2.04 bits per heavy atom. The fourth-order valence-electron chi connectivity index (χ4n) is 2.35. The minimum atomic E-state index is -0.00205. The first kappa shape index (κ1) is 17.6. The van der Waals surface area contributed by atoms with Crippen molar-refractivity contribution in [3.8, 4) is 5.75 Å². The van der Waals surface area contributed by atoms with Gasteiger partial charge < -0.3 is 14.2 Å². The third kappa shape index (κ3) is 4.38. The molecular weight excluding hydrogens is 356 g/mol. The molecule has 0 saturated heterocycles. The van der Waals surface area contributed by atoms with E-state index in [1.807, 2.05) is 48.0 Å². The van der Waals surface area contributed by atoms with Gasteiger partial charge in [0.2, 0.25) is 0 Å². The summed E-state index contributed by atoms with van der Waals surface area (Å²) in [4.78, 5) is 14.3. The zero-order chi connectivity index (χ0) is 17.0. The normalized spacial score (nSPS) is 10.9. The van der Waals surface area contributed by atoms with Crippen LogP contribution in [0.4, 0.5) is 0 Å². The fourth-order valence-corrected chi connectivity index (χ4v) is 2.79. The standard InChI is InChI=1S/C18H23BrN2O2/c1-13(2)21-12-15(19)11-16(21)18(22)20(4)9-10-23-17-8-6-5-7-14(17)3/h5-8,11-13H,9-10H2,1-4H3. The van der Waals surface area contributed by atoms with Crippen LogP contribution in [0.3, 0.4) is 0 Å². The summed E-state index contributed by atoms with van der Waals surface area (Å²) in [5.41, 5.74) is 1.78. The van der Waals surface area contributed by atoms with E-state index in [4.69, 9.17) is 4.74 Å². The number of aryl methyl sites for hydroxylation is 1. The van der Waals surface area contributed by atoms with Crippen molar-refractivity contribution in [3.63, 3.8) is 0 Å². The molecule has 0 saturated carbocycles. The smallest absolute Gasteiger partial charge is 0.270 e. The minimum Gasteiger partial charge on any atom is -0.491 e. The molecule has 0 aliphatic rings. The number of likely N-dealkylation sites (N-methyl/N-ethyl adjacent to an activating group) is 1. The molecule has 1 amide bonds. The molecule has 0 fully saturated rings. The number of benzene rings is 1. The second-order valence-electron chi connectivity index (χ2n) is 5.89. The Kier molecular flexibility index (Phi) is 5.88. The molecule has 5 heteroatoms. The van der Waals surface area contributed by atoms with Crippen molar-refractivity contribution in [2.24, 2.45) is 0 Å². The lowest BCUT2D eigenvalue weighted by Crippen LogP contribution is -2.32. The predicted octanol–water partition coefficient (Wildman–Crippen LogP) is 4.29. The molecule has 0 radical (unpaired) electrons. The van der Waals surface area contributed by atoms with Crippen LogP contribution in [-0.4, -0.2) is 35.6 Å². The molecule has 2 rings (SSSR count). The molecule has 0 N–H and O–H groups in total. The van der Waals surface area contributed by atoms with E-state index in [0.717, 1.165) is 15.8 Å². The van der Waals surface area contributed by atoms with Crippen LogP contribution in [0, 0.1) is 6.92 Å². The van der Waals surface area contributed by atoms with Crippen LogP contribution < -0.4 is 4.74 Å². The number of ether oxygens (including phenoxy) is 1. The number of rotatable bonds is 6. The molecule has 23 heavy (non-hydrogen) atoms. The van der Waals surface area contributed by atoms with Gasteiger partial charge in [-0.2, -0.15) is 0 Å². The van der Waals surface area contributed by atoms with Crippen LogP contribution in [0.2, 0.25) is 0 Å². The van der Waals surface area contributed by atoms with Crippen LogP contribution in [0.5, 0.6) is 5.75 Å². The monoisotopic (exact) mass is 378 g/mol. The molecule has 0 aliphatic carbocycles. The Balaban J connectivity index is 1.97. The van der Waals surface area contributed by atoms with Crippen molar-refractivity contribution in [1.82, 2.24) is 9.47 Å². The zero-order valence-corrected chi connectivity index (χ0v) is 15.6. The molecule has 1 heterocycles. The average Bonchev–Trinajstić information content (AvgIpc) is 2.90. The molecule has 124 valence electrons. The van der Waals surface area contributed by atoms with Crippen molar-refractivity contribution < 1.29 is 9.53 Å². The van der Waals surface area contributed by atoms with Gasteiger partial charge in [-0.05, 0) is 54.4 Å². The van der Waals surface area contributed by atoms with Crippen molar-refractivity contribution in [2.45, 2.75) is 26.8 Å². The lowest BCUT2D eigenvalue weighted by molar-refractivity contribution is 0.0761. The average molecular weight is 379 g/mol. The second-order valence-corrected chi connectivity index (χ2v) is 6.80. The Morgan fingerprint density at radius 1 is 1.35 bits per heavy atom. The Labute approximate surface area is 146 Å². The molecule has 2 aromatic rings. The molecule has 0 bridgehead atoms. The number of amides is 1. The summed E-state index contributed by atoms with van der Waals surface area (Å²) in [5.74, 6) is 0.861. The SMILES string of the molecule is Cc1ccccc1OCCN(C)C(=O)c1cc(Br)cn1C(C)C. The number of carbonyl (C=O) groups excluding carboxylic acids is 1. The quantitative estimate of drug-likeness (QED) is 0.751. The van der Waals surface area contributed by atoms with E-state index in [-0.39, 0.29) is 11.9 Å². The van der Waals surface area contributed by atoms with Gasteiger partial charge in [-0.15, -0.1) is 0 Å². The lowest BCUT2D eigenvalue weighted by Gasteiger charge is -2.20. The minimum absolute atomic E-state index is 0.00205. The number of para-hydroxylation sites is 1. The highest BCUT2D eigenvalue weighted by Crippen LogP contribution is 2.21. The highest BCUT2D eigenvalue weighted by molar-refractivity contribution is 9.10. The van der Waals surface area contributed by atoms with Crippen LogP contribution in [0.15, 0.2) is 41.0 Å². The summed E-state index contributed by atoms with van der Waals surface area (Å²) in [7, 11) is 1.80. The van der Waals surface area contributed by atoms with Gasteiger partial charge in [0.15, 0.2) is 0 Å². The summed E-state index contributed by atoms with van der Waals surface area (Å²) in [5, 5.41) is 0. The van der Waals surface area contributed by atoms with E-state index in [0.29, 0.717) is 18.8 Å². The Hall–Kier alpha value is -1.75. The highest BCUT2D eigenvalue weighted by Gasteiger charge is 2.18. The second kappa shape index (κ2) is 7.68. The maximum absolute atomic E-state index is 12.6. The van der Waals surface area contributed by atoms with Gasteiger partial charge in [-0.3, -0.25) is 4.79 Å². The maximum atomic E-state index is 12.6. The fraction of sp³-hybridized carbons (Fsp3) is 0.389. The van der Waals surface area contributed by atoms with Crippen molar-refractivity contribution in [2.75, 3.05) is 20.2 Å². The number of aromatic nitrogens is 1. The van der Waals surface area contributed by atoms with Gasteiger partial charge in [0, 0.05) is 23.8 Å². The summed E-state index contributed by atoms with van der Waals surface area (Å²) >= 11 is 3.44. The summed E-state index contributed by atoms with van der Waals surface area (Å²) in [6, 6.07) is 9.98. The number of hydrogen-bond donors (Lipinski definition) is 0. The maximum Gasteiger partial charge on any atom is 0.270 e. The first-order valence-corrected chi connectivity index (χ1v) is 8.50. The number of carbonyl (C=O) groups is 1. The van der Waals surface area contributed by atoms with Crippen molar-refractivity contribution in [3.05, 3.63) is 52.3 Å². The number of hydrogen-bond acceptors (Lipinski definition) is 2. The summed E-state index contributed by atoms with van der Waals surface area (Å²) < 4.78 is 8.66. The molecule has 0 unspecified atom stereocenters. The first-order valence-electron chi connectivity index (χ1n) is 7.71. The molecule has 4 nitrogen and oxygen atoms in total. The van der Waals surface area contributed by atoms with Gasteiger partial charge >= 0.3 is 0 Å². The van der Waals surface area contributed by atoms with E-state index < -0.39 is 0 Å². The van der Waals surface area contributed by atoms with E-state index in [1.165, 1.54) is 0 Å². The van der Waals surface area contributed by atoms with E-state index in [1.54, 1.807) is 11.9 Å². The van der Waals surface area contributed by atoms with Crippen LogP contribution >= 0.6 is 15.9 Å². The van der Waals surface area contributed by atoms with Gasteiger partial charge in [-0.1, -0.05) is 18.2 Å². The molecule has 0 atom stereocenters. The van der Waals surface area contributed by atoms with Crippen molar-refractivity contribution in [1.29, 1.82) is 0 Å². The van der Waals surface area contributed by atoms with E-state index >= 15 is 0 Å². The van der Waals surface area contributed by atoms with Gasteiger partial charge in [0.1, 0.15) is 18.1 Å². The topological polar surface area (TPSA) is 34.5 Å². The summed E-state index contributed by atoms with van der Waals surface area (Å²) in [6.45, 7) is 7.14. The van der Waals surface area contributed by atoms with Gasteiger partial charge in [-0.25, -0.2) is 0 Å². The Bertz CT molecular complexity index is 679. The van der Waals surface area contributed by atoms with E-state index in [2.05, 4.69) is 29.8 Å². The third-order valence-corrected chi connectivity index (χ3v) is 4.15. The van der Waals surface area contributed by atoms with Gasteiger partial charge in [0.25, 0.3) is 5.91 Å². The molecular formula is C18H23BrN2O2. The number of halogens is 1. The predicted molar refractivity (Wildman–Crippen MR) is 96.2 cm³/mol. The molecule has 1 aromatic heterocycles. The van der Waals surface area contributed by atoms with Crippen LogP contribution in [0.25, 0.3) is 0 Å².